The fourth-order valence-electron chi connectivity index (χ4n) is 6.22. The van der Waals surface area contributed by atoms with Gasteiger partial charge < -0.3 is 14.2 Å². The molecule has 6 heteroatoms. The first kappa shape index (κ1) is 50.6. The third-order valence-corrected chi connectivity index (χ3v) is 9.63. The second-order valence-corrected chi connectivity index (χ2v) is 14.9. The SMILES string of the molecule is CC/C=C\C/C=C\CCCCCCCC(=O)OCC(COC(=O)CCCCCCC/C=C\CCCC)OC(=O)CCCCCCCCCCCCCC. The van der Waals surface area contributed by atoms with Crippen molar-refractivity contribution in [1.82, 2.24) is 0 Å². The van der Waals surface area contributed by atoms with Gasteiger partial charge in [-0.3, -0.25) is 14.4 Å². The summed E-state index contributed by atoms with van der Waals surface area (Å²) in [4.78, 5) is 37.7. The Balaban J connectivity index is 4.39. The molecule has 0 spiro atoms. The molecule has 0 heterocycles. The first-order chi connectivity index (χ1) is 26.0. The van der Waals surface area contributed by atoms with Crippen LogP contribution in [0.5, 0.6) is 0 Å². The molecule has 0 aliphatic heterocycles. The quantitative estimate of drug-likeness (QED) is 0.0269. The maximum atomic E-state index is 12.7. The van der Waals surface area contributed by atoms with Crippen molar-refractivity contribution in [2.24, 2.45) is 0 Å². The molecule has 0 saturated heterocycles. The van der Waals surface area contributed by atoms with Crippen molar-refractivity contribution < 1.29 is 28.6 Å². The highest BCUT2D eigenvalue weighted by Crippen LogP contribution is 2.14. The van der Waals surface area contributed by atoms with E-state index in [0.29, 0.717) is 19.3 Å². The summed E-state index contributed by atoms with van der Waals surface area (Å²) in [6.07, 6.45) is 46.9. The zero-order chi connectivity index (χ0) is 38.7. The first-order valence-electron chi connectivity index (χ1n) is 22.5. The number of unbranched alkanes of at least 4 members (excludes halogenated alkanes) is 23. The number of hydrogen-bond donors (Lipinski definition) is 0. The van der Waals surface area contributed by atoms with Crippen molar-refractivity contribution >= 4 is 17.9 Å². The van der Waals surface area contributed by atoms with E-state index in [-0.39, 0.29) is 31.1 Å². The minimum atomic E-state index is -0.774. The first-order valence-corrected chi connectivity index (χ1v) is 22.5. The van der Waals surface area contributed by atoms with Crippen LogP contribution in [0.25, 0.3) is 0 Å². The average molecular weight is 745 g/mol. The predicted octanol–water partition coefficient (Wildman–Crippen LogP) is 14.2. The van der Waals surface area contributed by atoms with Gasteiger partial charge in [-0.1, -0.05) is 179 Å². The van der Waals surface area contributed by atoms with Gasteiger partial charge in [-0.25, -0.2) is 0 Å². The summed E-state index contributed by atoms with van der Waals surface area (Å²) in [5.74, 6) is -0.902. The van der Waals surface area contributed by atoms with Crippen LogP contribution < -0.4 is 0 Å². The van der Waals surface area contributed by atoms with E-state index in [4.69, 9.17) is 14.2 Å². The zero-order valence-electron chi connectivity index (χ0n) is 35.0. The second-order valence-electron chi connectivity index (χ2n) is 14.9. The van der Waals surface area contributed by atoms with Crippen LogP contribution in [0.2, 0.25) is 0 Å². The fourth-order valence-corrected chi connectivity index (χ4v) is 6.22. The molecule has 53 heavy (non-hydrogen) atoms. The van der Waals surface area contributed by atoms with Gasteiger partial charge in [0.25, 0.3) is 0 Å². The van der Waals surface area contributed by atoms with Gasteiger partial charge >= 0.3 is 17.9 Å². The lowest BCUT2D eigenvalue weighted by Crippen LogP contribution is -2.30. The number of allylic oxidation sites excluding steroid dienone is 6. The summed E-state index contributed by atoms with van der Waals surface area (Å²) >= 11 is 0. The van der Waals surface area contributed by atoms with Crippen molar-refractivity contribution in [1.29, 1.82) is 0 Å². The van der Waals surface area contributed by atoms with Crippen LogP contribution in [-0.4, -0.2) is 37.2 Å². The third-order valence-electron chi connectivity index (χ3n) is 9.63. The molecule has 0 fully saturated rings. The van der Waals surface area contributed by atoms with E-state index < -0.39 is 6.10 Å². The maximum Gasteiger partial charge on any atom is 0.306 e. The average Bonchev–Trinajstić information content (AvgIpc) is 3.15. The Morgan fingerprint density at radius 3 is 1.21 bits per heavy atom. The Bertz CT molecular complexity index is 907. The minimum Gasteiger partial charge on any atom is -0.462 e. The fraction of sp³-hybridized carbons (Fsp3) is 0.809. The molecule has 0 aromatic rings. The van der Waals surface area contributed by atoms with E-state index in [9.17, 15) is 14.4 Å². The number of carbonyl (C=O) groups excluding carboxylic acids is 3. The van der Waals surface area contributed by atoms with E-state index in [1.54, 1.807) is 0 Å². The summed E-state index contributed by atoms with van der Waals surface area (Å²) < 4.78 is 16.7. The second kappa shape index (κ2) is 42.4. The molecule has 0 N–H and O–H groups in total. The van der Waals surface area contributed by atoms with E-state index in [1.165, 1.54) is 96.3 Å². The van der Waals surface area contributed by atoms with Crippen molar-refractivity contribution in [2.45, 2.75) is 232 Å². The highest BCUT2D eigenvalue weighted by Gasteiger charge is 2.19. The molecule has 0 aliphatic carbocycles. The van der Waals surface area contributed by atoms with Crippen LogP contribution >= 0.6 is 0 Å². The number of ether oxygens (including phenoxy) is 3. The van der Waals surface area contributed by atoms with Gasteiger partial charge in [0.2, 0.25) is 0 Å². The van der Waals surface area contributed by atoms with Gasteiger partial charge in [-0.15, -0.1) is 0 Å². The molecule has 1 atom stereocenters. The topological polar surface area (TPSA) is 78.9 Å². The molecule has 0 amide bonds. The summed E-state index contributed by atoms with van der Waals surface area (Å²) in [6.45, 7) is 6.46. The molecule has 308 valence electrons. The van der Waals surface area contributed by atoms with Crippen LogP contribution in [-0.2, 0) is 28.6 Å². The molecule has 0 saturated carbocycles. The molecule has 0 aromatic heterocycles. The van der Waals surface area contributed by atoms with Crippen LogP contribution in [0, 0.1) is 0 Å². The highest BCUT2D eigenvalue weighted by molar-refractivity contribution is 5.71. The van der Waals surface area contributed by atoms with E-state index in [2.05, 4.69) is 57.2 Å². The van der Waals surface area contributed by atoms with Gasteiger partial charge in [0.05, 0.1) is 0 Å². The van der Waals surface area contributed by atoms with Gasteiger partial charge in [-0.05, 0) is 64.2 Å². The smallest absolute Gasteiger partial charge is 0.306 e. The number of hydrogen-bond acceptors (Lipinski definition) is 6. The number of esters is 3. The minimum absolute atomic E-state index is 0.0794. The van der Waals surface area contributed by atoms with E-state index in [0.717, 1.165) is 89.9 Å². The van der Waals surface area contributed by atoms with Crippen LogP contribution in [0.1, 0.15) is 226 Å². The van der Waals surface area contributed by atoms with Crippen molar-refractivity contribution in [3.63, 3.8) is 0 Å². The summed E-state index contributed by atoms with van der Waals surface area (Å²) in [5.41, 5.74) is 0. The van der Waals surface area contributed by atoms with E-state index >= 15 is 0 Å². The molecule has 0 radical (unpaired) electrons. The zero-order valence-corrected chi connectivity index (χ0v) is 35.0. The predicted molar refractivity (Wildman–Crippen MR) is 224 cm³/mol. The molecule has 1 unspecified atom stereocenters. The van der Waals surface area contributed by atoms with Crippen molar-refractivity contribution in [3.05, 3.63) is 36.5 Å². The lowest BCUT2D eigenvalue weighted by atomic mass is 10.0. The Hall–Kier alpha value is -2.37. The molecule has 6 nitrogen and oxygen atoms in total. The normalized spacial score (nSPS) is 12.3. The molecule has 0 rings (SSSR count). The third kappa shape index (κ3) is 40.6. The monoisotopic (exact) mass is 745 g/mol. The molecule has 0 aliphatic rings. The largest absolute Gasteiger partial charge is 0.462 e. The van der Waals surface area contributed by atoms with Gasteiger partial charge in [0.1, 0.15) is 13.2 Å². The summed E-state index contributed by atoms with van der Waals surface area (Å²) in [5, 5.41) is 0. The lowest BCUT2D eigenvalue weighted by molar-refractivity contribution is -0.167. The van der Waals surface area contributed by atoms with Gasteiger partial charge in [-0.2, -0.15) is 0 Å². The number of carbonyl (C=O) groups is 3. The van der Waals surface area contributed by atoms with Gasteiger partial charge in [0, 0.05) is 19.3 Å². The number of rotatable bonds is 40. The van der Waals surface area contributed by atoms with E-state index in [1.807, 2.05) is 0 Å². The highest BCUT2D eigenvalue weighted by atomic mass is 16.6. The Morgan fingerprint density at radius 1 is 0.396 bits per heavy atom. The van der Waals surface area contributed by atoms with Crippen molar-refractivity contribution in [2.75, 3.05) is 13.2 Å². The Labute approximate surface area is 327 Å². The Kier molecular flexibility index (Phi) is 40.5. The van der Waals surface area contributed by atoms with Crippen molar-refractivity contribution in [3.8, 4) is 0 Å². The Morgan fingerprint density at radius 2 is 0.755 bits per heavy atom. The molecule has 0 bridgehead atoms. The van der Waals surface area contributed by atoms with Crippen LogP contribution in [0.4, 0.5) is 0 Å². The molecule has 0 aromatic carbocycles. The molecular weight excluding hydrogens is 661 g/mol. The van der Waals surface area contributed by atoms with Gasteiger partial charge in [0.15, 0.2) is 6.10 Å². The summed E-state index contributed by atoms with van der Waals surface area (Å²) in [7, 11) is 0. The van der Waals surface area contributed by atoms with Crippen LogP contribution in [0.3, 0.4) is 0 Å². The molecular formula is C47H84O6. The maximum absolute atomic E-state index is 12.7. The van der Waals surface area contributed by atoms with Crippen LogP contribution in [0.15, 0.2) is 36.5 Å². The lowest BCUT2D eigenvalue weighted by Gasteiger charge is -2.18. The standard InChI is InChI=1S/C47H84O6/c1-4-7-10-13-16-19-22-25-28-31-34-37-40-46(49)52-43-44(42-51-45(48)39-36-33-30-27-24-21-18-15-12-9-6-3)53-47(50)41-38-35-32-29-26-23-20-17-14-11-8-5-2/h7,10,15-16,18-19,44H,4-6,8-9,11-14,17,20-43H2,1-3H3/b10-7-,18-15-,19-16-. The summed E-state index contributed by atoms with van der Waals surface area (Å²) in [6, 6.07) is 0.